The Labute approximate surface area is 210 Å². The molecule has 1 atom stereocenters. The predicted molar refractivity (Wildman–Crippen MR) is 135 cm³/mol. The molecule has 2 N–H and O–H groups in total. The summed E-state index contributed by atoms with van der Waals surface area (Å²) in [6.07, 6.45) is 1.52. The summed E-state index contributed by atoms with van der Waals surface area (Å²) in [4.78, 5) is 41.1. The summed E-state index contributed by atoms with van der Waals surface area (Å²) in [6.45, 7) is 9.04. The molecule has 0 aliphatic rings. The number of carbonyl (C=O) groups is 3. The molecule has 1 unspecified atom stereocenters. The maximum absolute atomic E-state index is 13.5. The molecule has 3 amide bonds. The quantitative estimate of drug-likeness (QED) is 0.456. The first-order valence-electron chi connectivity index (χ1n) is 10.9. The lowest BCUT2D eigenvalue weighted by atomic mass is 10.00. The third-order valence-corrected chi connectivity index (χ3v) is 5.72. The Morgan fingerprint density at radius 2 is 1.74 bits per heavy atom. The van der Waals surface area contributed by atoms with E-state index in [1.54, 1.807) is 29.6 Å². The summed E-state index contributed by atoms with van der Waals surface area (Å²) in [6, 6.07) is 5.61. The number of nitrogens with one attached hydrogen (secondary N) is 2. The molecular weight excluding hydrogens is 470 g/mol. The van der Waals surface area contributed by atoms with Gasteiger partial charge in [-0.25, -0.2) is 0 Å². The van der Waals surface area contributed by atoms with Crippen molar-refractivity contribution >= 4 is 29.1 Å². The van der Waals surface area contributed by atoms with Gasteiger partial charge in [0.15, 0.2) is 11.5 Å². The third-order valence-electron chi connectivity index (χ3n) is 4.85. The Kier molecular flexibility index (Phi) is 9.70. The van der Waals surface area contributed by atoms with Crippen molar-refractivity contribution in [2.45, 2.75) is 32.4 Å². The summed E-state index contributed by atoms with van der Waals surface area (Å²) >= 11 is 1.27. The summed E-state index contributed by atoms with van der Waals surface area (Å²) in [5.41, 5.74) is -0.118. The second-order valence-electron chi connectivity index (χ2n) is 8.60. The van der Waals surface area contributed by atoms with Crippen molar-refractivity contribution in [3.63, 3.8) is 0 Å². The van der Waals surface area contributed by atoms with E-state index in [4.69, 9.17) is 14.2 Å². The molecule has 2 rings (SSSR count). The van der Waals surface area contributed by atoms with Crippen LogP contribution in [0.1, 0.15) is 42.0 Å². The molecule has 1 aromatic carbocycles. The molecule has 0 aliphatic heterocycles. The summed E-state index contributed by atoms with van der Waals surface area (Å²) < 4.78 is 16.3. The number of benzene rings is 1. The van der Waals surface area contributed by atoms with Gasteiger partial charge in [-0.05, 0) is 49.9 Å². The molecule has 1 aromatic heterocycles. The smallest absolute Gasteiger partial charge is 0.261 e. The standard InChI is InChI=1S/C25H33N3O6S/c1-8-11-28(20(29)15-26-23(30)19-10-9-12-35-19)21(24(31)27-25(2,3)4)16-13-17(32-5)22(34-7)18(14-16)33-6/h8-10,12-14,21H,1,11,15H2,2-7H3,(H,26,30)(H,27,31). The van der Waals surface area contributed by atoms with Crippen LogP contribution in [-0.4, -0.2) is 62.6 Å². The summed E-state index contributed by atoms with van der Waals surface area (Å²) in [7, 11) is 4.42. The van der Waals surface area contributed by atoms with Gasteiger partial charge in [-0.15, -0.1) is 17.9 Å². The van der Waals surface area contributed by atoms with Gasteiger partial charge < -0.3 is 29.7 Å². The zero-order chi connectivity index (χ0) is 26.2. The largest absolute Gasteiger partial charge is 0.493 e. The molecule has 0 saturated heterocycles. The normalized spacial score (nSPS) is 11.7. The number of carbonyl (C=O) groups excluding carboxylic acids is 3. The highest BCUT2D eigenvalue weighted by molar-refractivity contribution is 7.12. The van der Waals surface area contributed by atoms with Crippen LogP contribution in [0.15, 0.2) is 42.3 Å². The van der Waals surface area contributed by atoms with Gasteiger partial charge in [0.1, 0.15) is 6.04 Å². The van der Waals surface area contributed by atoms with Crippen LogP contribution in [0.5, 0.6) is 17.2 Å². The lowest BCUT2D eigenvalue weighted by Gasteiger charge is -2.33. The minimum absolute atomic E-state index is 0.0621. The molecular formula is C25H33N3O6S. The van der Waals surface area contributed by atoms with Crippen molar-refractivity contribution in [2.24, 2.45) is 0 Å². The van der Waals surface area contributed by atoms with Gasteiger partial charge in [0, 0.05) is 12.1 Å². The highest BCUT2D eigenvalue weighted by Crippen LogP contribution is 2.41. The van der Waals surface area contributed by atoms with E-state index >= 15 is 0 Å². The number of ether oxygens (including phenoxy) is 3. The van der Waals surface area contributed by atoms with Crippen molar-refractivity contribution in [2.75, 3.05) is 34.4 Å². The van der Waals surface area contributed by atoms with Crippen LogP contribution >= 0.6 is 11.3 Å². The Bertz CT molecular complexity index is 1020. The molecule has 0 radical (unpaired) electrons. The molecule has 0 fully saturated rings. The van der Waals surface area contributed by atoms with E-state index in [0.717, 1.165) is 0 Å². The van der Waals surface area contributed by atoms with Gasteiger partial charge in [-0.1, -0.05) is 12.1 Å². The van der Waals surface area contributed by atoms with Crippen LogP contribution < -0.4 is 24.8 Å². The van der Waals surface area contributed by atoms with Gasteiger partial charge in [-0.3, -0.25) is 14.4 Å². The lowest BCUT2D eigenvalue weighted by molar-refractivity contribution is -0.140. The van der Waals surface area contributed by atoms with Gasteiger partial charge in [0.25, 0.3) is 5.91 Å². The van der Waals surface area contributed by atoms with Crippen LogP contribution in [0.25, 0.3) is 0 Å². The van der Waals surface area contributed by atoms with Crippen LogP contribution in [0.2, 0.25) is 0 Å². The average molecular weight is 504 g/mol. The van der Waals surface area contributed by atoms with Gasteiger partial charge in [0.05, 0.1) is 32.8 Å². The van der Waals surface area contributed by atoms with Crippen molar-refractivity contribution in [1.82, 2.24) is 15.5 Å². The first-order valence-corrected chi connectivity index (χ1v) is 11.8. The third kappa shape index (κ3) is 7.22. The van der Waals surface area contributed by atoms with E-state index in [9.17, 15) is 14.4 Å². The van der Waals surface area contributed by atoms with E-state index in [-0.39, 0.29) is 19.0 Å². The minimum Gasteiger partial charge on any atom is -0.493 e. The Morgan fingerprint density at radius 1 is 1.11 bits per heavy atom. The molecule has 35 heavy (non-hydrogen) atoms. The molecule has 2 aromatic rings. The fraction of sp³-hybridized carbons (Fsp3) is 0.400. The van der Waals surface area contributed by atoms with E-state index in [1.165, 1.54) is 43.6 Å². The van der Waals surface area contributed by atoms with Crippen LogP contribution in [-0.2, 0) is 9.59 Å². The van der Waals surface area contributed by atoms with Gasteiger partial charge >= 0.3 is 0 Å². The molecule has 190 valence electrons. The molecule has 0 spiro atoms. The van der Waals surface area contributed by atoms with E-state index in [0.29, 0.717) is 27.7 Å². The number of amides is 3. The van der Waals surface area contributed by atoms with E-state index < -0.39 is 23.4 Å². The second kappa shape index (κ2) is 12.3. The molecule has 10 heteroatoms. The number of hydrogen-bond donors (Lipinski definition) is 2. The number of rotatable bonds is 11. The Hall–Kier alpha value is -3.53. The van der Waals surface area contributed by atoms with Crippen LogP contribution in [0.3, 0.4) is 0 Å². The van der Waals surface area contributed by atoms with Crippen molar-refractivity contribution in [3.8, 4) is 17.2 Å². The van der Waals surface area contributed by atoms with Crippen LogP contribution in [0, 0.1) is 0 Å². The Morgan fingerprint density at radius 3 is 2.20 bits per heavy atom. The van der Waals surface area contributed by atoms with Gasteiger partial charge in [-0.2, -0.15) is 0 Å². The van der Waals surface area contributed by atoms with Crippen molar-refractivity contribution in [1.29, 1.82) is 0 Å². The lowest BCUT2D eigenvalue weighted by Crippen LogP contribution is -2.51. The van der Waals surface area contributed by atoms with Crippen molar-refractivity contribution < 1.29 is 28.6 Å². The average Bonchev–Trinajstić information content (AvgIpc) is 3.35. The molecule has 0 aliphatic carbocycles. The monoisotopic (exact) mass is 503 g/mol. The number of nitrogens with zero attached hydrogens (tertiary/aromatic N) is 1. The molecule has 0 bridgehead atoms. The SMILES string of the molecule is C=CCN(C(=O)CNC(=O)c1cccs1)C(C(=O)NC(C)(C)C)c1cc(OC)c(OC)c(OC)c1. The Balaban J connectivity index is 2.50. The maximum Gasteiger partial charge on any atom is 0.261 e. The molecule has 1 heterocycles. The summed E-state index contributed by atoms with van der Waals surface area (Å²) in [5.74, 6) is -0.196. The second-order valence-corrected chi connectivity index (χ2v) is 9.54. The molecule has 9 nitrogen and oxygen atoms in total. The predicted octanol–water partition coefficient (Wildman–Crippen LogP) is 3.17. The van der Waals surface area contributed by atoms with Gasteiger partial charge in [0.2, 0.25) is 17.6 Å². The number of hydrogen-bond acceptors (Lipinski definition) is 7. The summed E-state index contributed by atoms with van der Waals surface area (Å²) in [5, 5.41) is 7.34. The van der Waals surface area contributed by atoms with Crippen LogP contribution in [0.4, 0.5) is 0 Å². The number of methoxy groups -OCH3 is 3. The first kappa shape index (κ1) is 27.7. The zero-order valence-electron chi connectivity index (χ0n) is 21.0. The first-order chi connectivity index (χ1) is 16.6. The number of thiophene rings is 1. The minimum atomic E-state index is -1.06. The van der Waals surface area contributed by atoms with Crippen molar-refractivity contribution in [3.05, 3.63) is 52.7 Å². The topological polar surface area (TPSA) is 106 Å². The fourth-order valence-corrected chi connectivity index (χ4v) is 4.05. The maximum atomic E-state index is 13.5. The highest BCUT2D eigenvalue weighted by atomic mass is 32.1. The van der Waals surface area contributed by atoms with E-state index in [1.807, 2.05) is 20.8 Å². The molecule has 0 saturated carbocycles. The highest BCUT2D eigenvalue weighted by Gasteiger charge is 2.34. The fourth-order valence-electron chi connectivity index (χ4n) is 3.41. The van der Waals surface area contributed by atoms with E-state index in [2.05, 4.69) is 17.2 Å². The zero-order valence-corrected chi connectivity index (χ0v) is 21.8.